The Balaban J connectivity index is 0.000000122. The van der Waals surface area contributed by atoms with Crippen LogP contribution in [-0.2, 0) is 91.3 Å². The first-order valence-corrected chi connectivity index (χ1v) is 47.2. The van der Waals surface area contributed by atoms with Gasteiger partial charge in [-0.25, -0.2) is 68.9 Å². The molecule has 0 spiro atoms. The highest BCUT2D eigenvalue weighted by molar-refractivity contribution is 5.70. The number of nitrogens with two attached hydrogens (primary N) is 6. The van der Waals surface area contributed by atoms with Gasteiger partial charge in [0.2, 0.25) is 0 Å². The average Bonchev–Trinajstić information content (AvgIpc) is 1.21. The molecule has 13 N–H and O–H groups in total. The van der Waals surface area contributed by atoms with Crippen molar-refractivity contribution in [3.8, 4) is 103 Å². The lowest BCUT2D eigenvalue weighted by Gasteiger charge is -2.27. The molecule has 0 atom stereocenters. The Labute approximate surface area is 820 Å². The summed E-state index contributed by atoms with van der Waals surface area (Å²) in [6, 6.07) is 32.7. The average molecular weight is 1890 g/mol. The van der Waals surface area contributed by atoms with Crippen LogP contribution in [0.3, 0.4) is 0 Å². The first-order chi connectivity index (χ1) is 68.1. The van der Waals surface area contributed by atoms with Crippen LogP contribution in [0.25, 0.3) is 62.1 Å². The molecular formula is C108H118FN27O5. The molecule has 32 nitrogen and oxygen atoms in total. The van der Waals surface area contributed by atoms with Crippen molar-refractivity contribution in [1.29, 1.82) is 0 Å². The summed E-state index contributed by atoms with van der Waals surface area (Å²) in [6.07, 6.45) is 28.6. The Bertz CT molecular complexity index is 7020. The van der Waals surface area contributed by atoms with E-state index in [9.17, 15) is 9.50 Å². The molecule has 15 heterocycles. The summed E-state index contributed by atoms with van der Waals surface area (Å²) in [4.78, 5) is 72.3. The standard InChI is InChI=1S/C26H27N5O.C22H25N5O.C21H22FN5O.C21H24N6O.C18H20N6O/c1-17-11-20(13-21-15-31(2)10-8-23(17)21)24-14-29-25(27)26(30-24)32-16-19-7-9-28-22(12-19)6-5-18-3-4-18;1-14-8-17(9-18-12-27(3)7-5-19(14)18)20-11-25-21(23)22(26-20)28-13-16-4-6-24-10-15(16)2;1-13-7-15(8-16-11-27(2)6-4-17(13)16)19-10-25-20(23)21(26-19)28-12-14-3-5-24-9-18(14)22;1-13-7-15(9-16-11-27(2)6-4-17(13)16)18-10-25-20(23)21(26-18)28-12-14-3-5-24-19(22)8-14;1-11-5-12(6-13-9-23(2)4-3-15(11)13)16-8-20-17(19)18(22-16)24-10-14(25)7-21-24/h7,9,11-14,18H,3-4,8,10,15-16H2,1-2H3,(H2,27,29);4,6,8-11H,5,7,12-13H2,1-3H3,(H2,23,25);3,5,7-10H,4,6,11-12H2,1-2H3,(H2,23,25);3,5,7-10H,4,6,11-12H2,1-2H3,(H2,22,24)(H2,23,25);5-8,10,25H,3-4,9H2,1-2H3,(H2,19,20). The molecule has 0 amide bonds. The van der Waals surface area contributed by atoms with Gasteiger partial charge < -0.3 is 83.0 Å². The smallest absolute Gasteiger partial charge is 0.258 e. The number of pyridine rings is 4. The van der Waals surface area contributed by atoms with Crippen molar-refractivity contribution < 1.29 is 28.4 Å². The van der Waals surface area contributed by atoms with Crippen LogP contribution in [0.1, 0.15) is 130 Å². The van der Waals surface area contributed by atoms with Crippen molar-refractivity contribution in [1.82, 2.24) is 104 Å². The summed E-state index contributed by atoms with van der Waals surface area (Å²) in [7, 11) is 10.7. The van der Waals surface area contributed by atoms with Gasteiger partial charge in [0.1, 0.15) is 43.8 Å². The van der Waals surface area contributed by atoms with E-state index in [2.05, 4.69) is 242 Å². The normalized spacial score (nSPS) is 14.4. The summed E-state index contributed by atoms with van der Waals surface area (Å²) in [5.74, 6) is 9.91. The van der Waals surface area contributed by atoms with Gasteiger partial charge in [-0.15, -0.1) is 0 Å². The molecule has 5 aliphatic heterocycles. The second-order valence-electron chi connectivity index (χ2n) is 37.1. The van der Waals surface area contributed by atoms with Gasteiger partial charge in [-0.3, -0.25) is 9.97 Å². The zero-order valence-electron chi connectivity index (χ0n) is 81.5. The molecule has 0 bridgehead atoms. The van der Waals surface area contributed by atoms with Gasteiger partial charge in [-0.05, 0) is 330 Å². The van der Waals surface area contributed by atoms with Crippen LogP contribution in [0.15, 0.2) is 178 Å². The number of aromatic hydroxyl groups is 1. The van der Waals surface area contributed by atoms with Gasteiger partial charge in [0, 0.05) is 136 Å². The molecule has 722 valence electrons. The lowest BCUT2D eigenvalue weighted by atomic mass is 9.92. The van der Waals surface area contributed by atoms with E-state index in [0.29, 0.717) is 72.1 Å². The van der Waals surface area contributed by atoms with Gasteiger partial charge in [0.25, 0.3) is 23.5 Å². The zero-order chi connectivity index (χ0) is 98.6. The van der Waals surface area contributed by atoms with Crippen LogP contribution in [0.5, 0.6) is 29.3 Å². The molecule has 1 aliphatic carbocycles. The molecule has 21 rings (SSSR count). The van der Waals surface area contributed by atoms with Crippen molar-refractivity contribution in [3.05, 3.63) is 300 Å². The number of anilines is 6. The zero-order valence-corrected chi connectivity index (χ0v) is 81.5. The predicted octanol–water partition coefficient (Wildman–Crippen LogP) is 14.7. The third-order valence-corrected chi connectivity index (χ3v) is 26.0. The molecule has 1 saturated carbocycles. The monoisotopic (exact) mass is 1890 g/mol. The number of rotatable bonds is 18. The maximum absolute atomic E-state index is 13.8. The van der Waals surface area contributed by atoms with Gasteiger partial charge >= 0.3 is 0 Å². The number of aryl methyl sites for hydroxylation is 6. The summed E-state index contributed by atoms with van der Waals surface area (Å²) >= 11 is 0. The van der Waals surface area contributed by atoms with E-state index in [0.717, 1.165) is 182 Å². The number of hydrogen-bond donors (Lipinski definition) is 7. The van der Waals surface area contributed by atoms with Crippen molar-refractivity contribution in [2.45, 2.75) is 146 Å². The van der Waals surface area contributed by atoms with E-state index in [1.165, 1.54) is 120 Å². The summed E-state index contributed by atoms with van der Waals surface area (Å²) < 4.78 is 38.5. The summed E-state index contributed by atoms with van der Waals surface area (Å²) in [5.41, 5.74) is 69.9. The van der Waals surface area contributed by atoms with E-state index in [-0.39, 0.29) is 41.5 Å². The van der Waals surface area contributed by atoms with E-state index in [4.69, 9.17) is 53.3 Å². The Kier molecular flexibility index (Phi) is 30.0. The predicted molar refractivity (Wildman–Crippen MR) is 545 cm³/mol. The Morgan fingerprint density at radius 2 is 0.716 bits per heavy atom. The number of likely N-dealkylation sites (N-methyl/N-ethyl adjacent to an activating group) is 5. The van der Waals surface area contributed by atoms with Crippen molar-refractivity contribution in [2.75, 3.05) is 102 Å². The maximum atomic E-state index is 13.8. The van der Waals surface area contributed by atoms with Crippen molar-refractivity contribution in [2.24, 2.45) is 5.92 Å². The maximum Gasteiger partial charge on any atom is 0.258 e. The molecule has 0 unspecified atom stereocenters. The highest BCUT2D eigenvalue weighted by atomic mass is 19.1. The highest BCUT2D eigenvalue weighted by Gasteiger charge is 2.27. The number of ether oxygens (including phenoxy) is 4. The number of halogens is 1. The van der Waals surface area contributed by atoms with Crippen LogP contribution in [-0.4, -0.2) is 177 Å². The van der Waals surface area contributed by atoms with Gasteiger partial charge in [0.05, 0.1) is 78.0 Å². The second kappa shape index (κ2) is 43.6. The van der Waals surface area contributed by atoms with E-state index < -0.39 is 5.82 Å². The summed E-state index contributed by atoms with van der Waals surface area (Å²) in [5, 5.41) is 13.6. The number of nitrogen functional groups attached to an aromatic ring is 6. The van der Waals surface area contributed by atoms with Crippen LogP contribution < -0.4 is 53.3 Å². The molecule has 33 heteroatoms. The number of hydrogen-bond acceptors (Lipinski definition) is 31. The molecular weight excluding hydrogens is 1770 g/mol. The fraction of sp³-hybridized carbons (Fsp3) is 0.306. The van der Waals surface area contributed by atoms with E-state index in [1.807, 2.05) is 37.4 Å². The molecule has 6 aliphatic rings. The van der Waals surface area contributed by atoms with Crippen molar-refractivity contribution in [3.63, 3.8) is 0 Å². The topological polar surface area (TPSA) is 428 Å². The number of aromatic nitrogens is 16. The molecule has 15 aromatic rings. The Morgan fingerprint density at radius 3 is 1.08 bits per heavy atom. The van der Waals surface area contributed by atoms with Gasteiger partial charge in [-0.2, -0.15) is 5.10 Å². The van der Waals surface area contributed by atoms with Gasteiger partial charge in [-0.1, -0.05) is 5.92 Å². The van der Waals surface area contributed by atoms with E-state index in [1.54, 1.807) is 61.7 Å². The molecule has 10 aromatic heterocycles. The third-order valence-electron chi connectivity index (χ3n) is 26.0. The lowest BCUT2D eigenvalue weighted by molar-refractivity contribution is 0.289. The quantitative estimate of drug-likeness (QED) is 0.0392. The first kappa shape index (κ1) is 97.1. The third kappa shape index (κ3) is 24.2. The highest BCUT2D eigenvalue weighted by Crippen LogP contribution is 2.38. The largest absolute Gasteiger partial charge is 0.505 e. The minimum absolute atomic E-state index is 0.00466. The molecule has 5 aromatic carbocycles. The second-order valence-corrected chi connectivity index (χ2v) is 37.1. The molecule has 141 heavy (non-hydrogen) atoms. The molecule has 1 fully saturated rings. The summed E-state index contributed by atoms with van der Waals surface area (Å²) in [6.45, 7) is 23.9. The SMILES string of the molecule is Cc1cc(-c2cnc(N)c(-n3cc(O)cn3)n2)cc2c1CCN(C)C2.Cc1cc(-c2cnc(N)c(OCc3ccnc(C#CC4CC4)c3)n2)cc2c1CCN(C)C2.Cc1cc(-c2cnc(N)c(OCc3ccnc(N)c3)n2)cc2c1CCN(C)C2.Cc1cc(-c2cnc(N)c(OCc3ccncc3F)n2)cc2c1CCN(C)C2.Cc1cnccc1COc1nc(-c2cc(C)c3c(c2)CN(C)CC3)cnc1N. The lowest BCUT2D eigenvalue weighted by Crippen LogP contribution is -2.27. The van der Waals surface area contributed by atoms with Crippen LogP contribution >= 0.6 is 0 Å². The minimum Gasteiger partial charge on any atom is -0.505 e. The molecule has 0 saturated heterocycles. The minimum atomic E-state index is -0.431. The van der Waals surface area contributed by atoms with Crippen LogP contribution in [0.2, 0.25) is 0 Å². The van der Waals surface area contributed by atoms with Gasteiger partial charge in [0.15, 0.2) is 40.7 Å². The Hall–Kier alpha value is -15.6. The van der Waals surface area contributed by atoms with E-state index >= 15 is 0 Å². The first-order valence-electron chi connectivity index (χ1n) is 47.2. The fourth-order valence-electron chi connectivity index (χ4n) is 18.1. The molecule has 0 radical (unpaired) electrons. The number of fused-ring (bicyclic) bond motifs is 5. The van der Waals surface area contributed by atoms with Crippen molar-refractivity contribution >= 4 is 34.9 Å². The number of nitrogens with zero attached hydrogens (tertiary/aromatic N) is 21. The fourth-order valence-corrected chi connectivity index (χ4v) is 18.1. The number of benzene rings is 5. The van der Waals surface area contributed by atoms with Crippen LogP contribution in [0, 0.1) is 65.1 Å². The Morgan fingerprint density at radius 1 is 0.369 bits per heavy atom. The van der Waals surface area contributed by atoms with Crippen LogP contribution in [0.4, 0.5) is 39.3 Å².